The lowest BCUT2D eigenvalue weighted by Crippen LogP contribution is -2.34. The Kier molecular flexibility index (Phi) is 5.04. The van der Waals surface area contributed by atoms with E-state index in [0.29, 0.717) is 6.54 Å². The predicted octanol–water partition coefficient (Wildman–Crippen LogP) is 1.63. The molecule has 3 N–H and O–H groups in total. The number of fused-ring (bicyclic) bond motifs is 1. The minimum absolute atomic E-state index is 0.0152. The van der Waals surface area contributed by atoms with Gasteiger partial charge in [0.2, 0.25) is 5.91 Å². The van der Waals surface area contributed by atoms with Crippen LogP contribution in [0.2, 0.25) is 0 Å². The molecule has 0 bridgehead atoms. The molecule has 0 saturated carbocycles. The molecule has 0 spiro atoms. The Hall–Kier alpha value is -2.90. The molecule has 2 heterocycles. The lowest BCUT2D eigenvalue weighted by atomic mass is 9.95. The maximum Gasteiger partial charge on any atom is 0.240 e. The van der Waals surface area contributed by atoms with Gasteiger partial charge in [-0.25, -0.2) is 10.4 Å². The smallest absolute Gasteiger partial charge is 0.240 e. The predicted molar refractivity (Wildman–Crippen MR) is 103 cm³/mol. The molecule has 140 valence electrons. The zero-order valence-electron chi connectivity index (χ0n) is 15.2. The van der Waals surface area contributed by atoms with Crippen molar-refractivity contribution in [1.29, 1.82) is 0 Å². The van der Waals surface area contributed by atoms with Crippen LogP contribution in [0.4, 0.5) is 0 Å². The summed E-state index contributed by atoms with van der Waals surface area (Å²) in [6.07, 6.45) is 1.71. The minimum Gasteiger partial charge on any atom is -0.497 e. The molecule has 3 aromatic rings. The van der Waals surface area contributed by atoms with E-state index in [1.807, 2.05) is 41.0 Å². The molecule has 7 nitrogen and oxygen atoms in total. The van der Waals surface area contributed by atoms with Gasteiger partial charge in [0.1, 0.15) is 12.3 Å². The number of imidazole rings is 1. The highest BCUT2D eigenvalue weighted by Crippen LogP contribution is 2.26. The van der Waals surface area contributed by atoms with E-state index in [1.54, 1.807) is 13.4 Å². The molecule has 1 aliphatic heterocycles. The molecule has 1 fully saturated rings. The number of carbonyl (C=O) groups excluding carboxylic acids is 1. The van der Waals surface area contributed by atoms with Gasteiger partial charge in [0.25, 0.3) is 0 Å². The second kappa shape index (κ2) is 7.77. The maximum absolute atomic E-state index is 12.4. The highest BCUT2D eigenvalue weighted by atomic mass is 16.5. The van der Waals surface area contributed by atoms with Crippen LogP contribution in [0.25, 0.3) is 11.0 Å². The Labute approximate surface area is 157 Å². The zero-order valence-corrected chi connectivity index (χ0v) is 15.2. The Morgan fingerprint density at radius 3 is 2.89 bits per heavy atom. The summed E-state index contributed by atoms with van der Waals surface area (Å²) in [5.41, 5.74) is 9.52. The van der Waals surface area contributed by atoms with Gasteiger partial charge < -0.3 is 14.6 Å². The summed E-state index contributed by atoms with van der Waals surface area (Å²) in [7, 11) is 1.66. The van der Waals surface area contributed by atoms with Crippen LogP contribution in [0.15, 0.2) is 54.9 Å². The first-order chi connectivity index (χ1) is 13.2. The van der Waals surface area contributed by atoms with Crippen molar-refractivity contribution >= 4 is 16.9 Å². The van der Waals surface area contributed by atoms with Gasteiger partial charge in [-0.15, -0.1) is 0 Å². The molecule has 4 rings (SSSR count). The van der Waals surface area contributed by atoms with Crippen LogP contribution in [-0.4, -0.2) is 35.7 Å². The van der Waals surface area contributed by atoms with Crippen LogP contribution < -0.4 is 20.9 Å². The van der Waals surface area contributed by atoms with Gasteiger partial charge in [-0.1, -0.05) is 24.3 Å². The van der Waals surface area contributed by atoms with Crippen molar-refractivity contribution in [2.24, 2.45) is 5.92 Å². The number of nitrogens with one attached hydrogen (secondary N) is 3. The van der Waals surface area contributed by atoms with Crippen molar-refractivity contribution in [3.05, 3.63) is 60.4 Å². The molecule has 2 unspecified atom stereocenters. The molecule has 1 amide bonds. The monoisotopic (exact) mass is 365 g/mol. The van der Waals surface area contributed by atoms with E-state index in [4.69, 9.17) is 4.74 Å². The van der Waals surface area contributed by atoms with Crippen LogP contribution in [0.1, 0.15) is 11.6 Å². The van der Waals surface area contributed by atoms with Crippen LogP contribution >= 0.6 is 0 Å². The van der Waals surface area contributed by atoms with Crippen molar-refractivity contribution < 1.29 is 9.53 Å². The number of aromatic nitrogens is 2. The Morgan fingerprint density at radius 2 is 2.07 bits per heavy atom. The molecule has 2 aromatic carbocycles. The fourth-order valence-electron chi connectivity index (χ4n) is 3.48. The van der Waals surface area contributed by atoms with Gasteiger partial charge in [0.15, 0.2) is 0 Å². The van der Waals surface area contributed by atoms with Crippen molar-refractivity contribution in [2.75, 3.05) is 20.2 Å². The Morgan fingerprint density at radius 1 is 1.26 bits per heavy atom. The summed E-state index contributed by atoms with van der Waals surface area (Å²) in [5.74, 6) is 1.09. The third-order valence-electron chi connectivity index (χ3n) is 4.97. The Bertz CT molecular complexity index is 922. The molecule has 0 radical (unpaired) electrons. The number of carbonyl (C=O) groups is 1. The minimum atomic E-state index is -0.0152. The number of ether oxygens (including phenoxy) is 1. The first kappa shape index (κ1) is 17.5. The SMILES string of the molecule is COc1ccc(C2NNCC2CNC(=O)Cn2cnc3ccccc32)cc1. The zero-order chi connectivity index (χ0) is 18.6. The number of hydrogen-bond donors (Lipinski definition) is 3. The fraction of sp³-hybridized carbons (Fsp3) is 0.300. The van der Waals surface area contributed by atoms with Crippen molar-refractivity contribution in [3.63, 3.8) is 0 Å². The van der Waals surface area contributed by atoms with E-state index in [9.17, 15) is 4.79 Å². The van der Waals surface area contributed by atoms with E-state index in [0.717, 1.165) is 23.3 Å². The topological polar surface area (TPSA) is 80.2 Å². The summed E-state index contributed by atoms with van der Waals surface area (Å²) in [6, 6.07) is 16.0. The summed E-state index contributed by atoms with van der Waals surface area (Å²) in [5, 5.41) is 3.06. The number of para-hydroxylation sites is 2. The summed E-state index contributed by atoms with van der Waals surface area (Å²) >= 11 is 0. The molecular weight excluding hydrogens is 342 g/mol. The highest BCUT2D eigenvalue weighted by molar-refractivity contribution is 5.80. The van der Waals surface area contributed by atoms with Crippen molar-refractivity contribution in [3.8, 4) is 5.75 Å². The average Bonchev–Trinajstić information content (AvgIpc) is 3.34. The van der Waals surface area contributed by atoms with Gasteiger partial charge in [-0.2, -0.15) is 0 Å². The second-order valence-electron chi connectivity index (χ2n) is 6.70. The van der Waals surface area contributed by atoms with Gasteiger partial charge in [0.05, 0.1) is 30.5 Å². The number of benzene rings is 2. The summed E-state index contributed by atoms with van der Waals surface area (Å²) in [4.78, 5) is 16.7. The van der Waals surface area contributed by atoms with Gasteiger partial charge in [-0.3, -0.25) is 10.2 Å². The van der Waals surface area contributed by atoms with Gasteiger partial charge in [-0.05, 0) is 29.8 Å². The molecule has 1 aromatic heterocycles. The van der Waals surface area contributed by atoms with Crippen LogP contribution in [0.3, 0.4) is 0 Å². The van der Waals surface area contributed by atoms with E-state index in [-0.39, 0.29) is 24.4 Å². The number of hydrazine groups is 1. The fourth-order valence-corrected chi connectivity index (χ4v) is 3.48. The van der Waals surface area contributed by atoms with E-state index in [1.165, 1.54) is 5.56 Å². The lowest BCUT2D eigenvalue weighted by Gasteiger charge is -2.19. The first-order valence-electron chi connectivity index (χ1n) is 9.03. The maximum atomic E-state index is 12.4. The molecular formula is C20H23N5O2. The third-order valence-corrected chi connectivity index (χ3v) is 4.97. The summed E-state index contributed by atoms with van der Waals surface area (Å²) in [6.45, 7) is 1.66. The van der Waals surface area contributed by atoms with Gasteiger partial charge >= 0.3 is 0 Å². The molecule has 2 atom stereocenters. The molecule has 1 aliphatic rings. The van der Waals surface area contributed by atoms with Crippen LogP contribution in [-0.2, 0) is 11.3 Å². The normalized spacial score (nSPS) is 19.3. The molecule has 7 heteroatoms. The molecule has 27 heavy (non-hydrogen) atoms. The molecule has 1 saturated heterocycles. The van der Waals surface area contributed by atoms with Crippen LogP contribution in [0, 0.1) is 5.92 Å². The number of rotatable bonds is 6. The number of nitrogens with zero attached hydrogens (tertiary/aromatic N) is 2. The highest BCUT2D eigenvalue weighted by Gasteiger charge is 2.28. The van der Waals surface area contributed by atoms with E-state index in [2.05, 4.69) is 33.3 Å². The van der Waals surface area contributed by atoms with Crippen LogP contribution in [0.5, 0.6) is 5.75 Å². The number of amides is 1. The van der Waals surface area contributed by atoms with Gasteiger partial charge in [0, 0.05) is 19.0 Å². The van der Waals surface area contributed by atoms with Crippen molar-refractivity contribution in [1.82, 2.24) is 25.7 Å². The Balaban J connectivity index is 1.36. The largest absolute Gasteiger partial charge is 0.497 e. The first-order valence-corrected chi connectivity index (χ1v) is 9.03. The number of methoxy groups -OCH3 is 1. The number of hydrogen-bond acceptors (Lipinski definition) is 5. The molecule has 0 aliphatic carbocycles. The van der Waals surface area contributed by atoms with E-state index < -0.39 is 0 Å². The quantitative estimate of drug-likeness (QED) is 0.619. The summed E-state index contributed by atoms with van der Waals surface area (Å²) < 4.78 is 7.09. The second-order valence-corrected chi connectivity index (χ2v) is 6.70. The average molecular weight is 365 g/mol. The lowest BCUT2D eigenvalue weighted by molar-refractivity contribution is -0.121. The van der Waals surface area contributed by atoms with E-state index >= 15 is 0 Å². The standard InChI is InChI=1S/C20H23N5O2/c1-27-16-8-6-14(7-9-16)20-15(11-23-24-20)10-21-19(26)12-25-13-22-17-4-2-3-5-18(17)25/h2-9,13,15,20,23-24H,10-12H2,1H3,(H,21,26). The van der Waals surface area contributed by atoms with Crippen molar-refractivity contribution in [2.45, 2.75) is 12.6 Å². The third kappa shape index (κ3) is 3.79.